The standard InChI is InChI=1S/C24H23N4O4S2/c1-17-8-12-20(13-9-17)33(29,30)26-16-24-22-6-4-5-7-23(22)28(19(3)27(24)25-26)34(31,32)21-14-10-18(2)11-15-21/h4-16,19H,1-3H3/q+1. The molecule has 0 N–H and O–H groups in total. The van der Waals surface area contributed by atoms with Crippen molar-refractivity contribution in [3.8, 4) is 11.3 Å². The van der Waals surface area contributed by atoms with E-state index in [1.807, 2.05) is 13.8 Å². The number of aryl methyl sites for hydroxylation is 2. The number of nitrogens with zero attached hydrogens (tertiary/aromatic N) is 4. The van der Waals surface area contributed by atoms with E-state index in [0.29, 0.717) is 16.9 Å². The Morgan fingerprint density at radius 1 is 0.794 bits per heavy atom. The molecule has 4 aromatic rings. The van der Waals surface area contributed by atoms with Crippen LogP contribution in [0.2, 0.25) is 0 Å². The molecule has 1 aliphatic heterocycles. The molecule has 0 fully saturated rings. The van der Waals surface area contributed by atoms with E-state index in [1.165, 1.54) is 27.3 Å². The van der Waals surface area contributed by atoms with Crippen molar-refractivity contribution in [2.75, 3.05) is 4.31 Å². The molecule has 0 saturated carbocycles. The van der Waals surface area contributed by atoms with Gasteiger partial charge in [-0.3, -0.25) is 0 Å². The highest BCUT2D eigenvalue weighted by Crippen LogP contribution is 2.42. The van der Waals surface area contributed by atoms with Crippen molar-refractivity contribution in [1.29, 1.82) is 0 Å². The smallest absolute Gasteiger partial charge is 0.222 e. The van der Waals surface area contributed by atoms with Crippen molar-refractivity contribution >= 4 is 25.7 Å². The minimum Gasteiger partial charge on any atom is -0.222 e. The fourth-order valence-corrected chi connectivity index (χ4v) is 6.80. The number of fused-ring (bicyclic) bond motifs is 3. The van der Waals surface area contributed by atoms with Crippen molar-refractivity contribution in [2.45, 2.75) is 36.7 Å². The summed E-state index contributed by atoms with van der Waals surface area (Å²) in [6, 6.07) is 20.1. The van der Waals surface area contributed by atoms with Gasteiger partial charge in [-0.05, 0) is 61.3 Å². The fraction of sp³-hybridized carbons (Fsp3) is 0.167. The van der Waals surface area contributed by atoms with E-state index in [0.717, 1.165) is 15.2 Å². The molecule has 0 saturated heterocycles. The van der Waals surface area contributed by atoms with Crippen molar-refractivity contribution in [1.82, 2.24) is 9.90 Å². The van der Waals surface area contributed by atoms with E-state index in [-0.39, 0.29) is 9.79 Å². The summed E-state index contributed by atoms with van der Waals surface area (Å²) in [5, 5.41) is 4.31. The van der Waals surface area contributed by atoms with Gasteiger partial charge in [0.1, 0.15) is 10.1 Å². The van der Waals surface area contributed by atoms with Gasteiger partial charge in [0.15, 0.2) is 6.20 Å². The molecular formula is C24H23N4O4S2+. The highest BCUT2D eigenvalue weighted by atomic mass is 32.2. The first-order valence-corrected chi connectivity index (χ1v) is 13.5. The Morgan fingerprint density at radius 2 is 1.35 bits per heavy atom. The van der Waals surface area contributed by atoms with E-state index >= 15 is 0 Å². The lowest BCUT2D eigenvalue weighted by Crippen LogP contribution is -2.46. The first kappa shape index (κ1) is 22.3. The van der Waals surface area contributed by atoms with Crippen LogP contribution in [0.5, 0.6) is 0 Å². The van der Waals surface area contributed by atoms with Crippen LogP contribution in [0, 0.1) is 13.8 Å². The van der Waals surface area contributed by atoms with Gasteiger partial charge in [-0.15, -0.1) is 4.68 Å². The Kier molecular flexibility index (Phi) is 5.10. The molecule has 0 radical (unpaired) electrons. The number of rotatable bonds is 4. The number of hydrogen-bond acceptors (Lipinski definition) is 5. The summed E-state index contributed by atoms with van der Waals surface area (Å²) in [5.74, 6) is 0. The summed E-state index contributed by atoms with van der Waals surface area (Å²) < 4.78 is 57.6. The number of hydrogen-bond donors (Lipinski definition) is 0. The summed E-state index contributed by atoms with van der Waals surface area (Å²) in [5.41, 5.74) is 3.42. The van der Waals surface area contributed by atoms with Crippen LogP contribution < -0.4 is 8.39 Å². The van der Waals surface area contributed by atoms with Crippen molar-refractivity contribution in [2.24, 2.45) is 0 Å². The van der Waals surface area contributed by atoms with Gasteiger partial charge in [0, 0.05) is 0 Å². The molecule has 2 heterocycles. The van der Waals surface area contributed by atoms with Gasteiger partial charge in [-0.1, -0.05) is 47.5 Å². The number of para-hydroxylation sites is 1. The lowest BCUT2D eigenvalue weighted by atomic mass is 10.1. The van der Waals surface area contributed by atoms with Gasteiger partial charge in [0.2, 0.25) is 11.9 Å². The van der Waals surface area contributed by atoms with E-state index in [4.69, 9.17) is 0 Å². The molecule has 3 aromatic carbocycles. The Labute approximate surface area is 198 Å². The lowest BCUT2D eigenvalue weighted by molar-refractivity contribution is -0.582. The second-order valence-electron chi connectivity index (χ2n) is 8.30. The summed E-state index contributed by atoms with van der Waals surface area (Å²) in [4.78, 5) is 0.249. The molecule has 0 spiro atoms. The third kappa shape index (κ3) is 3.41. The predicted octanol–water partition coefficient (Wildman–Crippen LogP) is 3.42. The van der Waals surface area contributed by atoms with Crippen LogP contribution in [0.25, 0.3) is 11.3 Å². The van der Waals surface area contributed by atoms with Crippen molar-refractivity contribution in [3.05, 3.63) is 90.1 Å². The first-order valence-electron chi connectivity index (χ1n) is 10.6. The van der Waals surface area contributed by atoms with E-state index in [2.05, 4.69) is 5.21 Å². The molecule has 0 bridgehead atoms. The highest BCUT2D eigenvalue weighted by molar-refractivity contribution is 7.92. The summed E-state index contributed by atoms with van der Waals surface area (Å²) in [7, 11) is -7.92. The second kappa shape index (κ2) is 7.78. The quantitative estimate of drug-likeness (QED) is 0.405. The molecular weight excluding hydrogens is 472 g/mol. The molecule has 1 aromatic heterocycles. The van der Waals surface area contributed by atoms with E-state index in [9.17, 15) is 16.8 Å². The molecule has 174 valence electrons. The largest absolute Gasteiger partial charge is 0.354 e. The average molecular weight is 496 g/mol. The molecule has 1 aliphatic rings. The normalized spacial score (nSPS) is 15.6. The Bertz CT molecular complexity index is 1610. The third-order valence-electron chi connectivity index (χ3n) is 5.92. The van der Waals surface area contributed by atoms with Gasteiger partial charge in [0.05, 0.1) is 16.1 Å². The van der Waals surface area contributed by atoms with Crippen LogP contribution in [0.1, 0.15) is 24.2 Å². The maximum Gasteiger partial charge on any atom is 0.354 e. The molecule has 1 atom stereocenters. The Balaban J connectivity index is 1.67. The Morgan fingerprint density at radius 3 is 1.97 bits per heavy atom. The summed E-state index contributed by atoms with van der Waals surface area (Å²) in [6.45, 7) is 5.44. The number of anilines is 1. The highest BCUT2D eigenvalue weighted by Gasteiger charge is 2.43. The van der Waals surface area contributed by atoms with Crippen LogP contribution >= 0.6 is 0 Å². The molecule has 8 nitrogen and oxygen atoms in total. The molecule has 10 heteroatoms. The summed E-state index contributed by atoms with van der Waals surface area (Å²) in [6.07, 6.45) is 0.631. The number of benzene rings is 3. The first-order chi connectivity index (χ1) is 16.1. The minimum atomic E-state index is -3.97. The van der Waals surface area contributed by atoms with Crippen LogP contribution in [-0.4, -0.2) is 26.7 Å². The van der Waals surface area contributed by atoms with Crippen LogP contribution in [0.4, 0.5) is 5.69 Å². The van der Waals surface area contributed by atoms with Gasteiger partial charge >= 0.3 is 10.0 Å². The molecule has 34 heavy (non-hydrogen) atoms. The SMILES string of the molecule is Cc1ccc(S(=O)(=O)N2c3ccccc3-c3c[n+](S(=O)(=O)c4ccc(C)cc4)nn3C2C)cc1. The van der Waals surface area contributed by atoms with Crippen LogP contribution in [0.3, 0.4) is 0 Å². The number of sulfonamides is 1. The number of aromatic nitrogens is 3. The fourth-order valence-electron chi connectivity index (χ4n) is 4.07. The average Bonchev–Trinajstić information content (AvgIpc) is 3.27. The van der Waals surface area contributed by atoms with Gasteiger partial charge in [-0.2, -0.15) is 8.42 Å². The van der Waals surface area contributed by atoms with E-state index < -0.39 is 26.2 Å². The van der Waals surface area contributed by atoms with Crippen molar-refractivity contribution < 1.29 is 20.9 Å². The molecule has 0 amide bonds. The zero-order valence-corrected chi connectivity index (χ0v) is 20.5. The minimum absolute atomic E-state index is 0.101. The molecule has 5 rings (SSSR count). The predicted molar refractivity (Wildman–Crippen MR) is 127 cm³/mol. The zero-order chi connectivity index (χ0) is 24.3. The van der Waals surface area contributed by atoms with Crippen LogP contribution in [-0.2, 0) is 20.0 Å². The van der Waals surface area contributed by atoms with Crippen molar-refractivity contribution in [3.63, 3.8) is 0 Å². The van der Waals surface area contributed by atoms with Gasteiger partial charge in [0.25, 0.3) is 10.0 Å². The molecule has 0 aliphatic carbocycles. The van der Waals surface area contributed by atoms with Gasteiger partial charge < -0.3 is 0 Å². The second-order valence-corrected chi connectivity index (χ2v) is 11.9. The zero-order valence-electron chi connectivity index (χ0n) is 18.8. The van der Waals surface area contributed by atoms with Gasteiger partial charge in [-0.25, -0.2) is 12.7 Å². The maximum absolute atomic E-state index is 13.7. The van der Waals surface area contributed by atoms with Crippen LogP contribution in [0.15, 0.2) is 88.8 Å². The Hall–Kier alpha value is -3.50. The topological polar surface area (TPSA) is 93.2 Å². The lowest BCUT2D eigenvalue weighted by Gasteiger charge is -2.32. The van der Waals surface area contributed by atoms with E-state index in [1.54, 1.807) is 67.6 Å². The monoisotopic (exact) mass is 495 g/mol. The molecule has 1 unspecified atom stereocenters. The summed E-state index contributed by atoms with van der Waals surface area (Å²) >= 11 is 0. The third-order valence-corrected chi connectivity index (χ3v) is 9.34. The maximum atomic E-state index is 13.7.